The van der Waals surface area contributed by atoms with E-state index >= 15 is 0 Å². The van der Waals surface area contributed by atoms with E-state index in [4.69, 9.17) is 5.11 Å². The quantitative estimate of drug-likeness (QED) is 0.915. The lowest BCUT2D eigenvalue weighted by Crippen LogP contribution is -2.39. The van der Waals surface area contributed by atoms with Crippen molar-refractivity contribution in [2.75, 3.05) is 13.1 Å². The number of piperidine rings is 1. The molecule has 5 nitrogen and oxygen atoms in total. The number of carbonyl (C=O) groups is 2. The Bertz CT molecular complexity index is 735. The van der Waals surface area contributed by atoms with E-state index in [1.54, 1.807) is 24.4 Å². The third-order valence-electron chi connectivity index (χ3n) is 4.50. The average Bonchev–Trinajstić information content (AvgIpc) is 3.00. The Morgan fingerprint density at radius 1 is 1.30 bits per heavy atom. The molecule has 1 aliphatic rings. The van der Waals surface area contributed by atoms with Crippen molar-refractivity contribution in [3.63, 3.8) is 0 Å². The molecule has 2 heterocycles. The van der Waals surface area contributed by atoms with E-state index in [1.165, 1.54) is 0 Å². The molecule has 0 unspecified atom stereocenters. The van der Waals surface area contributed by atoms with Crippen LogP contribution in [0.15, 0.2) is 36.5 Å². The van der Waals surface area contributed by atoms with Gasteiger partial charge >= 0.3 is 5.97 Å². The number of benzene rings is 1. The van der Waals surface area contributed by atoms with Crippen molar-refractivity contribution in [3.05, 3.63) is 58.9 Å². The number of amides is 1. The van der Waals surface area contributed by atoms with Gasteiger partial charge in [0, 0.05) is 30.9 Å². The van der Waals surface area contributed by atoms with Crippen molar-refractivity contribution < 1.29 is 14.7 Å². The lowest BCUT2D eigenvalue weighted by atomic mass is 9.89. The van der Waals surface area contributed by atoms with Crippen molar-refractivity contribution in [2.45, 2.75) is 25.7 Å². The number of aromatic carboxylic acids is 1. The van der Waals surface area contributed by atoms with Crippen LogP contribution in [0.4, 0.5) is 0 Å². The number of aryl methyl sites for hydroxylation is 1. The average molecular weight is 312 g/mol. The van der Waals surface area contributed by atoms with Crippen LogP contribution in [-0.4, -0.2) is 40.0 Å². The number of nitrogens with zero attached hydrogens (tertiary/aromatic N) is 1. The van der Waals surface area contributed by atoms with Gasteiger partial charge in [0.2, 0.25) is 0 Å². The summed E-state index contributed by atoms with van der Waals surface area (Å²) < 4.78 is 0. The minimum Gasteiger partial charge on any atom is -0.478 e. The molecule has 1 atom stereocenters. The number of aromatic nitrogens is 1. The van der Waals surface area contributed by atoms with Gasteiger partial charge in [0.1, 0.15) is 0 Å². The highest BCUT2D eigenvalue weighted by atomic mass is 16.4. The second kappa shape index (κ2) is 6.28. The lowest BCUT2D eigenvalue weighted by molar-refractivity contribution is 0.0687. The van der Waals surface area contributed by atoms with E-state index in [9.17, 15) is 9.59 Å². The monoisotopic (exact) mass is 312 g/mol. The summed E-state index contributed by atoms with van der Waals surface area (Å²) in [5, 5.41) is 9.14. The maximum Gasteiger partial charge on any atom is 0.335 e. The van der Waals surface area contributed by atoms with Crippen LogP contribution in [0.2, 0.25) is 0 Å². The number of H-pyrrole nitrogens is 1. The molecule has 23 heavy (non-hydrogen) atoms. The summed E-state index contributed by atoms with van der Waals surface area (Å²) in [4.78, 5) is 28.7. The van der Waals surface area contributed by atoms with E-state index in [0.29, 0.717) is 17.7 Å². The van der Waals surface area contributed by atoms with Crippen LogP contribution in [0.5, 0.6) is 0 Å². The van der Waals surface area contributed by atoms with Gasteiger partial charge in [0.25, 0.3) is 5.91 Å². The molecule has 0 saturated carbocycles. The predicted molar refractivity (Wildman–Crippen MR) is 86.8 cm³/mol. The largest absolute Gasteiger partial charge is 0.478 e. The van der Waals surface area contributed by atoms with Crippen LogP contribution in [0.1, 0.15) is 50.7 Å². The number of aromatic amines is 1. The van der Waals surface area contributed by atoms with Crippen LogP contribution in [0.25, 0.3) is 0 Å². The molecular weight excluding hydrogens is 292 g/mol. The van der Waals surface area contributed by atoms with Gasteiger partial charge in [-0.25, -0.2) is 4.79 Å². The highest BCUT2D eigenvalue weighted by molar-refractivity contribution is 5.95. The maximum atomic E-state index is 12.6. The number of hydrogen-bond acceptors (Lipinski definition) is 2. The van der Waals surface area contributed by atoms with Crippen LogP contribution >= 0.6 is 0 Å². The van der Waals surface area contributed by atoms with Crippen LogP contribution in [0.3, 0.4) is 0 Å². The molecule has 0 radical (unpaired) electrons. The zero-order chi connectivity index (χ0) is 16.4. The molecule has 2 aromatic rings. The van der Waals surface area contributed by atoms with Crippen LogP contribution < -0.4 is 0 Å². The van der Waals surface area contributed by atoms with Crippen molar-refractivity contribution in [3.8, 4) is 0 Å². The zero-order valence-electron chi connectivity index (χ0n) is 13.1. The highest BCUT2D eigenvalue weighted by Crippen LogP contribution is 2.28. The van der Waals surface area contributed by atoms with E-state index in [0.717, 1.165) is 30.6 Å². The molecule has 5 heteroatoms. The molecule has 120 valence electrons. The summed E-state index contributed by atoms with van der Waals surface area (Å²) in [5.74, 6) is -0.687. The molecule has 0 bridgehead atoms. The molecule has 1 amide bonds. The normalized spacial score (nSPS) is 18.0. The predicted octanol–water partition coefficient (Wildman–Crippen LogP) is 3.04. The standard InChI is InChI=1S/C18H20N2O3/c1-12-16(7-8-19-12)17(21)20-9-3-6-15(11-20)13-4-2-5-14(10-13)18(22)23/h2,4-5,7-8,10,15,19H,3,6,9,11H2,1H3,(H,22,23)/t15-/m1/s1. The first-order valence-electron chi connectivity index (χ1n) is 7.83. The minimum absolute atomic E-state index is 0.0443. The first-order chi connectivity index (χ1) is 11.1. The minimum atomic E-state index is -0.918. The van der Waals surface area contributed by atoms with Gasteiger partial charge in [0.15, 0.2) is 0 Å². The number of carboxylic acid groups (broad SMARTS) is 1. The Morgan fingerprint density at radius 3 is 2.83 bits per heavy atom. The fraction of sp³-hybridized carbons (Fsp3) is 0.333. The maximum absolute atomic E-state index is 12.6. The Hall–Kier alpha value is -2.56. The van der Waals surface area contributed by atoms with E-state index < -0.39 is 5.97 Å². The summed E-state index contributed by atoms with van der Waals surface area (Å²) in [6.07, 6.45) is 3.68. The first kappa shape index (κ1) is 15.3. The second-order valence-corrected chi connectivity index (χ2v) is 6.04. The smallest absolute Gasteiger partial charge is 0.335 e. The Morgan fingerprint density at radius 2 is 2.13 bits per heavy atom. The van der Waals surface area contributed by atoms with Gasteiger partial charge in [-0.15, -0.1) is 0 Å². The van der Waals surface area contributed by atoms with Gasteiger partial charge < -0.3 is 15.0 Å². The summed E-state index contributed by atoms with van der Waals surface area (Å²) in [7, 11) is 0. The number of likely N-dealkylation sites (tertiary alicyclic amines) is 1. The van der Waals surface area contributed by atoms with Gasteiger partial charge in [-0.2, -0.15) is 0 Å². The summed E-state index contributed by atoms with van der Waals surface area (Å²) in [5.41, 5.74) is 2.88. The van der Waals surface area contributed by atoms with Gasteiger partial charge in [-0.3, -0.25) is 4.79 Å². The molecule has 1 aromatic heterocycles. The Balaban J connectivity index is 1.78. The van der Waals surface area contributed by atoms with Crippen molar-refractivity contribution in [2.24, 2.45) is 0 Å². The number of nitrogens with one attached hydrogen (secondary N) is 1. The SMILES string of the molecule is Cc1[nH]ccc1C(=O)N1CCC[C@@H](c2cccc(C(=O)O)c2)C1. The Kier molecular flexibility index (Phi) is 4.19. The van der Waals surface area contributed by atoms with E-state index in [1.807, 2.05) is 24.0 Å². The fourth-order valence-electron chi connectivity index (χ4n) is 3.21. The number of carboxylic acids is 1. The third kappa shape index (κ3) is 3.13. The van der Waals surface area contributed by atoms with Crippen LogP contribution in [0, 0.1) is 6.92 Å². The molecule has 1 saturated heterocycles. The van der Waals surface area contributed by atoms with Gasteiger partial charge in [-0.05, 0) is 43.5 Å². The zero-order valence-corrected chi connectivity index (χ0v) is 13.1. The summed E-state index contributed by atoms with van der Waals surface area (Å²) >= 11 is 0. The second-order valence-electron chi connectivity index (χ2n) is 6.04. The van der Waals surface area contributed by atoms with Crippen molar-refractivity contribution in [1.82, 2.24) is 9.88 Å². The number of rotatable bonds is 3. The van der Waals surface area contributed by atoms with E-state index in [-0.39, 0.29) is 11.8 Å². The molecule has 0 spiro atoms. The molecule has 1 fully saturated rings. The molecule has 1 aromatic carbocycles. The molecule has 2 N–H and O–H groups in total. The van der Waals surface area contributed by atoms with E-state index in [2.05, 4.69) is 4.98 Å². The molecular formula is C18H20N2O3. The molecule has 3 rings (SSSR count). The van der Waals surface area contributed by atoms with Gasteiger partial charge in [-0.1, -0.05) is 12.1 Å². The molecule has 0 aliphatic carbocycles. The van der Waals surface area contributed by atoms with Gasteiger partial charge in [0.05, 0.1) is 11.1 Å². The topological polar surface area (TPSA) is 73.4 Å². The summed E-state index contributed by atoms with van der Waals surface area (Å²) in [6.45, 7) is 3.27. The number of hydrogen-bond donors (Lipinski definition) is 2. The Labute approximate surface area is 134 Å². The fourth-order valence-corrected chi connectivity index (χ4v) is 3.21. The van der Waals surface area contributed by atoms with Crippen molar-refractivity contribution in [1.29, 1.82) is 0 Å². The molecule has 1 aliphatic heterocycles. The lowest BCUT2D eigenvalue weighted by Gasteiger charge is -2.33. The highest BCUT2D eigenvalue weighted by Gasteiger charge is 2.26. The first-order valence-corrected chi connectivity index (χ1v) is 7.83. The van der Waals surface area contributed by atoms with Crippen molar-refractivity contribution >= 4 is 11.9 Å². The summed E-state index contributed by atoms with van der Waals surface area (Å²) in [6, 6.07) is 8.86. The van der Waals surface area contributed by atoms with Crippen LogP contribution in [-0.2, 0) is 0 Å². The number of carbonyl (C=O) groups excluding carboxylic acids is 1. The third-order valence-corrected chi connectivity index (χ3v) is 4.50.